The third kappa shape index (κ3) is 2.90. The molecule has 0 N–H and O–H groups in total. The van der Waals surface area contributed by atoms with E-state index < -0.39 is 0 Å². The Morgan fingerprint density at radius 3 is 2.73 bits per heavy atom. The summed E-state index contributed by atoms with van der Waals surface area (Å²) in [6, 6.07) is 10.1. The molecule has 2 heteroatoms. The van der Waals surface area contributed by atoms with Gasteiger partial charge in [0, 0.05) is 12.3 Å². The van der Waals surface area contributed by atoms with E-state index in [1.807, 2.05) is 30.3 Å². The maximum Gasteiger partial charge on any atom is 0.138 e. The number of carbonyl (C=O) groups is 1. The molecule has 1 aromatic rings. The lowest BCUT2D eigenvalue weighted by atomic mass is 10.1. The Morgan fingerprint density at radius 2 is 2.07 bits per heavy atom. The molecule has 0 saturated heterocycles. The van der Waals surface area contributed by atoms with E-state index in [0.29, 0.717) is 19.0 Å². The van der Waals surface area contributed by atoms with Crippen LogP contribution in [-0.4, -0.2) is 12.4 Å². The number of ether oxygens (including phenoxy) is 1. The molecule has 0 spiro atoms. The molecule has 1 saturated carbocycles. The summed E-state index contributed by atoms with van der Waals surface area (Å²) in [6.07, 6.45) is 2.80. The lowest BCUT2D eigenvalue weighted by molar-refractivity contribution is -0.122. The molecule has 1 fully saturated rings. The molecular formula is C13H16O2. The first-order valence-corrected chi connectivity index (χ1v) is 5.50. The predicted molar refractivity (Wildman–Crippen MR) is 58.4 cm³/mol. The van der Waals surface area contributed by atoms with E-state index in [9.17, 15) is 4.79 Å². The Hall–Kier alpha value is -1.15. The first-order valence-electron chi connectivity index (χ1n) is 5.50. The second-order valence-corrected chi connectivity index (χ2v) is 4.06. The van der Waals surface area contributed by atoms with Gasteiger partial charge in [-0.3, -0.25) is 4.79 Å². The Balaban J connectivity index is 1.73. The van der Waals surface area contributed by atoms with E-state index in [0.717, 1.165) is 19.3 Å². The van der Waals surface area contributed by atoms with Gasteiger partial charge >= 0.3 is 0 Å². The van der Waals surface area contributed by atoms with Gasteiger partial charge in [0.05, 0.1) is 13.2 Å². The summed E-state index contributed by atoms with van der Waals surface area (Å²) in [6.45, 7) is 1.21. The second kappa shape index (κ2) is 5.08. The van der Waals surface area contributed by atoms with Crippen molar-refractivity contribution in [3.63, 3.8) is 0 Å². The van der Waals surface area contributed by atoms with Crippen LogP contribution in [0.15, 0.2) is 30.3 Å². The molecular weight excluding hydrogens is 188 g/mol. The third-order valence-corrected chi connectivity index (χ3v) is 2.86. The van der Waals surface area contributed by atoms with Gasteiger partial charge < -0.3 is 4.74 Å². The normalized spacial score (nSPS) is 20.8. The molecule has 1 aliphatic rings. The van der Waals surface area contributed by atoms with Gasteiger partial charge in [-0.1, -0.05) is 30.3 Å². The highest BCUT2D eigenvalue weighted by molar-refractivity contribution is 5.82. The smallest absolute Gasteiger partial charge is 0.138 e. The Kier molecular flexibility index (Phi) is 3.51. The van der Waals surface area contributed by atoms with Crippen LogP contribution in [0.2, 0.25) is 0 Å². The summed E-state index contributed by atoms with van der Waals surface area (Å²) < 4.78 is 5.55. The van der Waals surface area contributed by atoms with Crippen LogP contribution >= 0.6 is 0 Å². The molecule has 2 rings (SSSR count). The van der Waals surface area contributed by atoms with Crippen LogP contribution in [0.25, 0.3) is 0 Å². The highest BCUT2D eigenvalue weighted by atomic mass is 16.5. The zero-order chi connectivity index (χ0) is 10.5. The third-order valence-electron chi connectivity index (χ3n) is 2.86. The number of carbonyl (C=O) groups excluding carboxylic acids is 1. The van der Waals surface area contributed by atoms with Gasteiger partial charge in [0.1, 0.15) is 5.78 Å². The summed E-state index contributed by atoms with van der Waals surface area (Å²) in [7, 11) is 0. The van der Waals surface area contributed by atoms with E-state index >= 15 is 0 Å². The molecule has 0 amide bonds. The summed E-state index contributed by atoms with van der Waals surface area (Å²) in [5.74, 6) is 0.539. The zero-order valence-corrected chi connectivity index (χ0v) is 8.82. The Morgan fingerprint density at radius 1 is 1.27 bits per heavy atom. The summed E-state index contributed by atoms with van der Waals surface area (Å²) in [5.41, 5.74) is 1.17. The monoisotopic (exact) mass is 204 g/mol. The molecule has 1 unspecified atom stereocenters. The molecule has 1 aromatic carbocycles. The van der Waals surface area contributed by atoms with Crippen molar-refractivity contribution < 1.29 is 9.53 Å². The first-order chi connectivity index (χ1) is 7.36. The fourth-order valence-electron chi connectivity index (χ4n) is 1.96. The molecule has 1 atom stereocenters. The largest absolute Gasteiger partial charge is 0.376 e. The molecule has 15 heavy (non-hydrogen) atoms. The summed E-state index contributed by atoms with van der Waals surface area (Å²) >= 11 is 0. The van der Waals surface area contributed by atoms with Crippen molar-refractivity contribution in [3.8, 4) is 0 Å². The minimum Gasteiger partial charge on any atom is -0.376 e. The average molecular weight is 204 g/mol. The Labute approximate surface area is 90.3 Å². The van der Waals surface area contributed by atoms with Crippen molar-refractivity contribution in [1.29, 1.82) is 0 Å². The van der Waals surface area contributed by atoms with Gasteiger partial charge in [0.15, 0.2) is 0 Å². The van der Waals surface area contributed by atoms with E-state index in [-0.39, 0.29) is 5.92 Å². The first kappa shape index (κ1) is 10.4. The minimum absolute atomic E-state index is 0.161. The van der Waals surface area contributed by atoms with Crippen LogP contribution in [0.1, 0.15) is 24.8 Å². The van der Waals surface area contributed by atoms with Gasteiger partial charge in [-0.05, 0) is 18.4 Å². The van der Waals surface area contributed by atoms with Gasteiger partial charge in [0.2, 0.25) is 0 Å². The van der Waals surface area contributed by atoms with Gasteiger partial charge in [-0.2, -0.15) is 0 Å². The van der Waals surface area contributed by atoms with Crippen molar-refractivity contribution in [2.75, 3.05) is 6.61 Å². The molecule has 2 nitrogen and oxygen atoms in total. The van der Waals surface area contributed by atoms with Crippen molar-refractivity contribution in [1.82, 2.24) is 0 Å². The lowest BCUT2D eigenvalue weighted by Crippen LogP contribution is -2.13. The average Bonchev–Trinajstić information content (AvgIpc) is 2.66. The molecule has 0 heterocycles. The van der Waals surface area contributed by atoms with E-state index in [1.165, 1.54) is 5.56 Å². The van der Waals surface area contributed by atoms with E-state index in [4.69, 9.17) is 4.74 Å². The van der Waals surface area contributed by atoms with Crippen molar-refractivity contribution in [2.24, 2.45) is 5.92 Å². The van der Waals surface area contributed by atoms with Crippen molar-refractivity contribution in [2.45, 2.75) is 25.9 Å². The molecule has 1 aliphatic carbocycles. The van der Waals surface area contributed by atoms with Crippen LogP contribution in [0.4, 0.5) is 0 Å². The number of hydrogen-bond donors (Lipinski definition) is 0. The molecule has 0 aromatic heterocycles. The van der Waals surface area contributed by atoms with E-state index in [1.54, 1.807) is 0 Å². The quantitative estimate of drug-likeness (QED) is 0.753. The van der Waals surface area contributed by atoms with Gasteiger partial charge in [-0.25, -0.2) is 0 Å². The maximum absolute atomic E-state index is 11.3. The molecule has 80 valence electrons. The fraction of sp³-hybridized carbons (Fsp3) is 0.462. The van der Waals surface area contributed by atoms with Crippen molar-refractivity contribution >= 4 is 5.78 Å². The van der Waals surface area contributed by atoms with Crippen LogP contribution in [0.5, 0.6) is 0 Å². The SMILES string of the molecule is O=C1CCCC1COCc1ccccc1. The molecule has 0 radical (unpaired) electrons. The van der Waals surface area contributed by atoms with Gasteiger partial charge in [0.25, 0.3) is 0 Å². The van der Waals surface area contributed by atoms with Crippen LogP contribution in [-0.2, 0) is 16.1 Å². The number of ketones is 1. The number of Topliss-reactive ketones (excluding diaryl/α,β-unsaturated/α-hetero) is 1. The Bertz CT molecular complexity index is 319. The second-order valence-electron chi connectivity index (χ2n) is 4.06. The highest BCUT2D eigenvalue weighted by Crippen LogP contribution is 2.21. The maximum atomic E-state index is 11.3. The minimum atomic E-state index is 0.161. The number of rotatable bonds is 4. The number of hydrogen-bond acceptors (Lipinski definition) is 2. The van der Waals surface area contributed by atoms with Crippen molar-refractivity contribution in [3.05, 3.63) is 35.9 Å². The standard InChI is InChI=1S/C13H16O2/c14-13-8-4-7-12(13)10-15-9-11-5-2-1-3-6-11/h1-3,5-6,12H,4,7-10H2. The fourth-order valence-corrected chi connectivity index (χ4v) is 1.96. The van der Waals surface area contributed by atoms with E-state index in [2.05, 4.69) is 0 Å². The van der Waals surface area contributed by atoms with Crippen LogP contribution < -0.4 is 0 Å². The molecule has 0 aliphatic heterocycles. The number of benzene rings is 1. The predicted octanol–water partition coefficient (Wildman–Crippen LogP) is 2.57. The summed E-state index contributed by atoms with van der Waals surface area (Å²) in [5, 5.41) is 0. The van der Waals surface area contributed by atoms with Gasteiger partial charge in [-0.15, -0.1) is 0 Å². The lowest BCUT2D eigenvalue weighted by Gasteiger charge is -2.08. The van der Waals surface area contributed by atoms with Crippen LogP contribution in [0.3, 0.4) is 0 Å². The summed E-state index contributed by atoms with van der Waals surface area (Å²) in [4.78, 5) is 11.3. The van der Waals surface area contributed by atoms with Crippen LogP contribution in [0, 0.1) is 5.92 Å². The highest BCUT2D eigenvalue weighted by Gasteiger charge is 2.24. The molecule has 0 bridgehead atoms. The topological polar surface area (TPSA) is 26.3 Å². The zero-order valence-electron chi connectivity index (χ0n) is 8.82.